The topological polar surface area (TPSA) is 60.7 Å². The van der Waals surface area contributed by atoms with Crippen LogP contribution in [0.3, 0.4) is 0 Å². The van der Waals surface area contributed by atoms with Gasteiger partial charge in [-0.05, 0) is 105 Å². The third kappa shape index (κ3) is 3.74. The number of hydrogen-bond acceptors (Lipinski definition) is 3. The van der Waals surface area contributed by atoms with E-state index < -0.39 is 11.7 Å². The normalized spacial score (nSPS) is 43.0. The first-order valence-corrected chi connectivity index (χ1v) is 13.4. The van der Waals surface area contributed by atoms with Gasteiger partial charge in [0.1, 0.15) is 0 Å². The second-order valence-electron chi connectivity index (χ2n) is 12.8. The van der Waals surface area contributed by atoms with E-state index in [1.165, 1.54) is 17.6 Å². The van der Waals surface area contributed by atoms with Crippen LogP contribution in [0, 0.1) is 41.4 Å². The van der Waals surface area contributed by atoms with Gasteiger partial charge in [-0.25, -0.2) is 0 Å². The van der Waals surface area contributed by atoms with Crippen LogP contribution in [-0.4, -0.2) is 33.1 Å². The minimum Gasteiger partial charge on any atom is -0.393 e. The molecule has 0 radical (unpaired) electrons. The Labute approximate surface area is 200 Å². The first-order valence-electron chi connectivity index (χ1n) is 13.4. The van der Waals surface area contributed by atoms with Crippen LogP contribution in [0.4, 0.5) is 0 Å². The lowest BCUT2D eigenvalue weighted by Gasteiger charge is -2.59. The Bertz CT molecular complexity index is 919. The van der Waals surface area contributed by atoms with Gasteiger partial charge in [0, 0.05) is 6.42 Å². The van der Waals surface area contributed by atoms with E-state index in [1.54, 1.807) is 0 Å². The van der Waals surface area contributed by atoms with Gasteiger partial charge in [-0.2, -0.15) is 0 Å². The number of hydrogen-bond donors (Lipinski definition) is 3. The summed E-state index contributed by atoms with van der Waals surface area (Å²) in [6, 6.07) is 8.30. The predicted molar refractivity (Wildman–Crippen MR) is 133 cm³/mol. The van der Waals surface area contributed by atoms with Gasteiger partial charge in [0.15, 0.2) is 0 Å². The molecule has 3 N–H and O–H groups in total. The summed E-state index contributed by atoms with van der Waals surface area (Å²) in [7, 11) is 0. The van der Waals surface area contributed by atoms with E-state index in [1.807, 2.05) is 13.0 Å². The van der Waals surface area contributed by atoms with Crippen molar-refractivity contribution < 1.29 is 15.3 Å². The van der Waals surface area contributed by atoms with E-state index in [-0.39, 0.29) is 22.9 Å². The molecule has 9 atom stereocenters. The Kier molecular flexibility index (Phi) is 5.86. The number of benzene rings is 1. The SMILES string of the molecule is Cc1cccc(C[C@H](O)[C@](C)(O)C2CCC3C4CC=C5C[C@@H](O)CC[C@]5(C)C4CC[C@@]32C)c1. The zero-order valence-corrected chi connectivity index (χ0v) is 21.1. The van der Waals surface area contributed by atoms with Crippen LogP contribution in [0.25, 0.3) is 0 Å². The molecule has 0 aliphatic heterocycles. The fourth-order valence-corrected chi connectivity index (χ4v) is 9.10. The molecule has 0 saturated heterocycles. The molecular formula is C30H44O3. The number of aliphatic hydroxyl groups is 3. The Hall–Kier alpha value is -1.16. The Morgan fingerprint density at radius 2 is 1.88 bits per heavy atom. The van der Waals surface area contributed by atoms with Gasteiger partial charge in [-0.3, -0.25) is 0 Å². The van der Waals surface area contributed by atoms with Crippen molar-refractivity contribution in [3.8, 4) is 0 Å². The second kappa shape index (κ2) is 8.21. The summed E-state index contributed by atoms with van der Waals surface area (Å²) >= 11 is 0. The average molecular weight is 453 g/mol. The number of fused-ring (bicyclic) bond motifs is 5. The Morgan fingerprint density at radius 1 is 1.09 bits per heavy atom. The van der Waals surface area contributed by atoms with Crippen molar-refractivity contribution >= 4 is 0 Å². The molecule has 1 aromatic carbocycles. The predicted octanol–water partition coefficient (Wildman–Crippen LogP) is 5.59. The molecule has 0 amide bonds. The van der Waals surface area contributed by atoms with E-state index in [4.69, 9.17) is 0 Å². The fraction of sp³-hybridized carbons (Fsp3) is 0.733. The molecule has 1 aromatic rings. The summed E-state index contributed by atoms with van der Waals surface area (Å²) in [6.07, 6.45) is 10.6. The molecule has 3 heteroatoms. The zero-order valence-electron chi connectivity index (χ0n) is 21.1. The third-order valence-electron chi connectivity index (χ3n) is 11.0. The first kappa shape index (κ1) is 23.6. The molecular weight excluding hydrogens is 408 g/mol. The van der Waals surface area contributed by atoms with E-state index in [2.05, 4.69) is 45.0 Å². The quantitative estimate of drug-likeness (QED) is 0.522. The maximum absolute atomic E-state index is 11.8. The highest BCUT2D eigenvalue weighted by Crippen LogP contribution is 2.67. The Balaban J connectivity index is 1.37. The molecule has 3 fully saturated rings. The van der Waals surface area contributed by atoms with Crippen LogP contribution in [0.2, 0.25) is 0 Å². The van der Waals surface area contributed by atoms with E-state index in [9.17, 15) is 15.3 Å². The summed E-state index contributed by atoms with van der Waals surface area (Å²) in [5, 5.41) is 33.3. The average Bonchev–Trinajstić information content (AvgIpc) is 3.12. The minimum absolute atomic E-state index is 0.0775. The van der Waals surface area contributed by atoms with Gasteiger partial charge < -0.3 is 15.3 Å². The molecule has 3 saturated carbocycles. The lowest BCUT2D eigenvalue weighted by atomic mass is 9.46. The van der Waals surface area contributed by atoms with Gasteiger partial charge in [-0.1, -0.05) is 55.3 Å². The molecule has 4 aliphatic carbocycles. The largest absolute Gasteiger partial charge is 0.393 e. The number of allylic oxidation sites excluding steroid dienone is 1. The van der Waals surface area contributed by atoms with Crippen LogP contribution < -0.4 is 0 Å². The van der Waals surface area contributed by atoms with E-state index >= 15 is 0 Å². The van der Waals surface area contributed by atoms with Gasteiger partial charge in [0.2, 0.25) is 0 Å². The number of aliphatic hydroxyl groups excluding tert-OH is 2. The van der Waals surface area contributed by atoms with Crippen LogP contribution in [0.1, 0.15) is 83.3 Å². The zero-order chi connectivity index (χ0) is 23.6. The van der Waals surface area contributed by atoms with Crippen LogP contribution >= 0.6 is 0 Å². The van der Waals surface area contributed by atoms with E-state index in [0.29, 0.717) is 24.2 Å². The molecule has 4 aliphatic rings. The maximum atomic E-state index is 11.8. The molecule has 4 unspecified atom stereocenters. The summed E-state index contributed by atoms with van der Waals surface area (Å²) in [6.45, 7) is 8.87. The monoisotopic (exact) mass is 452 g/mol. The molecule has 33 heavy (non-hydrogen) atoms. The second-order valence-corrected chi connectivity index (χ2v) is 12.8. The maximum Gasteiger partial charge on any atom is 0.0914 e. The smallest absolute Gasteiger partial charge is 0.0914 e. The highest BCUT2D eigenvalue weighted by Gasteiger charge is 2.62. The van der Waals surface area contributed by atoms with Crippen LogP contribution in [-0.2, 0) is 6.42 Å². The van der Waals surface area contributed by atoms with Crippen molar-refractivity contribution in [1.82, 2.24) is 0 Å². The van der Waals surface area contributed by atoms with Crippen molar-refractivity contribution in [2.75, 3.05) is 0 Å². The summed E-state index contributed by atoms with van der Waals surface area (Å²) in [5.41, 5.74) is 3.04. The third-order valence-corrected chi connectivity index (χ3v) is 11.0. The van der Waals surface area contributed by atoms with Gasteiger partial charge >= 0.3 is 0 Å². The van der Waals surface area contributed by atoms with Crippen molar-refractivity contribution in [3.63, 3.8) is 0 Å². The lowest BCUT2D eigenvalue weighted by molar-refractivity contribution is -0.148. The molecule has 0 spiro atoms. The summed E-state index contributed by atoms with van der Waals surface area (Å²) in [4.78, 5) is 0. The molecule has 5 rings (SSSR count). The molecule has 3 nitrogen and oxygen atoms in total. The molecule has 0 heterocycles. The number of rotatable bonds is 4. The van der Waals surface area contributed by atoms with Crippen molar-refractivity contribution in [3.05, 3.63) is 47.0 Å². The van der Waals surface area contributed by atoms with Crippen LogP contribution in [0.15, 0.2) is 35.9 Å². The van der Waals surface area contributed by atoms with Crippen molar-refractivity contribution in [2.45, 2.75) is 103 Å². The molecule has 182 valence electrons. The van der Waals surface area contributed by atoms with Gasteiger partial charge in [0.25, 0.3) is 0 Å². The van der Waals surface area contributed by atoms with Gasteiger partial charge in [-0.15, -0.1) is 0 Å². The highest BCUT2D eigenvalue weighted by molar-refractivity contribution is 5.26. The van der Waals surface area contributed by atoms with Crippen molar-refractivity contribution in [1.29, 1.82) is 0 Å². The Morgan fingerprint density at radius 3 is 2.64 bits per heavy atom. The van der Waals surface area contributed by atoms with Crippen molar-refractivity contribution in [2.24, 2.45) is 34.5 Å². The summed E-state index contributed by atoms with van der Waals surface area (Å²) < 4.78 is 0. The highest BCUT2D eigenvalue weighted by atomic mass is 16.3. The first-order chi connectivity index (χ1) is 15.6. The molecule has 0 aromatic heterocycles. The lowest BCUT2D eigenvalue weighted by Crippen LogP contribution is -2.56. The van der Waals surface area contributed by atoms with E-state index in [0.717, 1.165) is 50.5 Å². The fourth-order valence-electron chi connectivity index (χ4n) is 9.10. The minimum atomic E-state index is -1.09. The summed E-state index contributed by atoms with van der Waals surface area (Å²) in [5.74, 6) is 2.11. The number of aryl methyl sites for hydroxylation is 1. The van der Waals surface area contributed by atoms with Gasteiger partial charge in [0.05, 0.1) is 17.8 Å². The molecule has 0 bridgehead atoms. The van der Waals surface area contributed by atoms with Crippen LogP contribution in [0.5, 0.6) is 0 Å². The standard InChI is InChI=1S/C30H44O3/c1-19-6-5-7-20(16-19)17-27(32)30(4,33)26-11-10-24-23-9-8-21-18-22(31)12-14-28(21,2)25(23)13-15-29(24,26)3/h5-8,16,22-27,31-33H,9-15,17-18H2,1-4H3/t22-,23?,24?,25?,26?,27-,28-,29-,30+/m0/s1.